The number of carboxylic acids is 1. The Kier molecular flexibility index (Phi) is 3.54. The van der Waals surface area contributed by atoms with E-state index in [0.29, 0.717) is 12.2 Å². The monoisotopic (exact) mass is 211 g/mol. The van der Waals surface area contributed by atoms with Crippen LogP contribution in [0, 0.1) is 0 Å². The van der Waals surface area contributed by atoms with Crippen molar-refractivity contribution in [3.05, 3.63) is 41.4 Å². The molecule has 0 aliphatic carbocycles. The second kappa shape index (κ2) is 4.67. The summed E-state index contributed by atoms with van der Waals surface area (Å²) in [6.07, 6.45) is 1.65. The van der Waals surface area contributed by atoms with Crippen molar-refractivity contribution < 1.29 is 9.90 Å². The molecule has 14 heavy (non-hydrogen) atoms. The maximum Gasteiger partial charge on any atom is 0.339 e. The van der Waals surface area contributed by atoms with Crippen LogP contribution < -0.4 is 5.32 Å². The van der Waals surface area contributed by atoms with E-state index >= 15 is 0 Å². The van der Waals surface area contributed by atoms with Crippen molar-refractivity contribution in [2.75, 3.05) is 11.9 Å². The number of hydrogen-bond acceptors (Lipinski definition) is 2. The molecule has 0 heterocycles. The third-order valence-corrected chi connectivity index (χ3v) is 1.98. The van der Waals surface area contributed by atoms with Gasteiger partial charge in [0.1, 0.15) is 5.56 Å². The summed E-state index contributed by atoms with van der Waals surface area (Å²) < 4.78 is 0. The summed E-state index contributed by atoms with van der Waals surface area (Å²) in [4.78, 5) is 10.9. The number of nitrogens with one attached hydrogen (secondary N) is 1. The van der Waals surface area contributed by atoms with Gasteiger partial charge >= 0.3 is 5.97 Å². The number of carboxylic acid groups (broad SMARTS) is 1. The van der Waals surface area contributed by atoms with Crippen LogP contribution in [0.25, 0.3) is 0 Å². The molecule has 2 N–H and O–H groups in total. The molecule has 0 saturated heterocycles. The lowest BCUT2D eigenvalue weighted by molar-refractivity contribution is 0.0698. The third-order valence-electron chi connectivity index (χ3n) is 1.66. The van der Waals surface area contributed by atoms with Crippen LogP contribution in [-0.4, -0.2) is 17.6 Å². The predicted octanol–water partition coefficient (Wildman–Crippen LogP) is 2.64. The topological polar surface area (TPSA) is 49.3 Å². The SMILES string of the molecule is C=CCNc1cccc(Cl)c1C(=O)O. The maximum atomic E-state index is 10.9. The van der Waals surface area contributed by atoms with Gasteiger partial charge in [-0.15, -0.1) is 6.58 Å². The minimum absolute atomic E-state index is 0.0935. The maximum absolute atomic E-state index is 10.9. The van der Waals surface area contributed by atoms with Crippen LogP contribution in [0.15, 0.2) is 30.9 Å². The Morgan fingerprint density at radius 1 is 1.64 bits per heavy atom. The molecule has 74 valence electrons. The summed E-state index contributed by atoms with van der Waals surface area (Å²) in [6, 6.07) is 4.91. The zero-order valence-electron chi connectivity index (χ0n) is 7.46. The van der Waals surface area contributed by atoms with Gasteiger partial charge in [-0.3, -0.25) is 0 Å². The Morgan fingerprint density at radius 2 is 2.36 bits per heavy atom. The van der Waals surface area contributed by atoms with Crippen LogP contribution in [0.3, 0.4) is 0 Å². The highest BCUT2D eigenvalue weighted by atomic mass is 35.5. The smallest absolute Gasteiger partial charge is 0.339 e. The largest absolute Gasteiger partial charge is 0.478 e. The first-order chi connectivity index (χ1) is 6.66. The lowest BCUT2D eigenvalue weighted by atomic mass is 10.2. The molecule has 0 bridgehead atoms. The predicted molar refractivity (Wildman–Crippen MR) is 57.1 cm³/mol. The van der Waals surface area contributed by atoms with Crippen molar-refractivity contribution >= 4 is 23.3 Å². The first kappa shape index (κ1) is 10.6. The van der Waals surface area contributed by atoms with E-state index in [2.05, 4.69) is 11.9 Å². The van der Waals surface area contributed by atoms with E-state index in [9.17, 15) is 4.79 Å². The fourth-order valence-corrected chi connectivity index (χ4v) is 1.33. The van der Waals surface area contributed by atoms with Crippen molar-refractivity contribution in [2.45, 2.75) is 0 Å². The van der Waals surface area contributed by atoms with Crippen LogP contribution in [0.4, 0.5) is 5.69 Å². The molecule has 0 fully saturated rings. The first-order valence-corrected chi connectivity index (χ1v) is 4.41. The van der Waals surface area contributed by atoms with Gasteiger partial charge in [0.15, 0.2) is 0 Å². The van der Waals surface area contributed by atoms with Gasteiger partial charge in [0.2, 0.25) is 0 Å². The van der Waals surface area contributed by atoms with Crippen LogP contribution in [0.1, 0.15) is 10.4 Å². The zero-order chi connectivity index (χ0) is 10.6. The molecule has 0 atom stereocenters. The lowest BCUT2D eigenvalue weighted by Crippen LogP contribution is -2.06. The van der Waals surface area contributed by atoms with Crippen molar-refractivity contribution in [3.63, 3.8) is 0 Å². The number of benzene rings is 1. The van der Waals surface area contributed by atoms with E-state index in [1.54, 1.807) is 24.3 Å². The second-order valence-electron chi connectivity index (χ2n) is 2.64. The molecule has 0 aliphatic rings. The number of carbonyl (C=O) groups is 1. The lowest BCUT2D eigenvalue weighted by Gasteiger charge is -2.08. The molecule has 0 unspecified atom stereocenters. The quantitative estimate of drug-likeness (QED) is 0.753. The highest BCUT2D eigenvalue weighted by Crippen LogP contribution is 2.23. The van der Waals surface area contributed by atoms with E-state index in [-0.39, 0.29) is 10.6 Å². The number of anilines is 1. The molecule has 1 aromatic rings. The standard InChI is InChI=1S/C10H10ClNO2/c1-2-6-12-8-5-3-4-7(11)9(8)10(13)14/h2-5,12H,1,6H2,(H,13,14). The van der Waals surface area contributed by atoms with Gasteiger partial charge in [-0.05, 0) is 12.1 Å². The average molecular weight is 212 g/mol. The number of hydrogen-bond donors (Lipinski definition) is 2. The van der Waals surface area contributed by atoms with Gasteiger partial charge < -0.3 is 10.4 Å². The average Bonchev–Trinajstić information content (AvgIpc) is 2.14. The Labute approximate surface area is 87.0 Å². The molecule has 1 rings (SSSR count). The molecule has 0 radical (unpaired) electrons. The summed E-state index contributed by atoms with van der Waals surface area (Å²) >= 11 is 5.76. The Hall–Kier alpha value is -1.48. The molecule has 0 aliphatic heterocycles. The fourth-order valence-electron chi connectivity index (χ4n) is 1.07. The van der Waals surface area contributed by atoms with Crippen LogP contribution in [0.2, 0.25) is 5.02 Å². The molecule has 0 saturated carbocycles. The number of halogens is 1. The van der Waals surface area contributed by atoms with Crippen LogP contribution in [0.5, 0.6) is 0 Å². The Morgan fingerprint density at radius 3 is 2.93 bits per heavy atom. The van der Waals surface area contributed by atoms with Gasteiger partial charge in [-0.25, -0.2) is 4.79 Å². The van der Waals surface area contributed by atoms with E-state index < -0.39 is 5.97 Å². The van der Waals surface area contributed by atoms with E-state index in [0.717, 1.165) is 0 Å². The summed E-state index contributed by atoms with van der Waals surface area (Å²) in [6.45, 7) is 4.03. The molecular formula is C10H10ClNO2. The van der Waals surface area contributed by atoms with Crippen LogP contribution >= 0.6 is 11.6 Å². The van der Waals surface area contributed by atoms with Gasteiger partial charge in [0.05, 0.1) is 10.7 Å². The van der Waals surface area contributed by atoms with E-state index in [1.165, 1.54) is 0 Å². The Bertz CT molecular complexity index is 363. The molecular weight excluding hydrogens is 202 g/mol. The molecule has 0 spiro atoms. The molecule has 0 amide bonds. The van der Waals surface area contributed by atoms with Crippen molar-refractivity contribution in [3.8, 4) is 0 Å². The number of rotatable bonds is 4. The highest BCUT2D eigenvalue weighted by Gasteiger charge is 2.13. The normalized spacial score (nSPS) is 9.50. The number of aromatic carboxylic acids is 1. The fraction of sp³-hybridized carbons (Fsp3) is 0.100. The van der Waals surface area contributed by atoms with Crippen molar-refractivity contribution in [2.24, 2.45) is 0 Å². The van der Waals surface area contributed by atoms with Crippen molar-refractivity contribution in [1.29, 1.82) is 0 Å². The Balaban J connectivity index is 3.07. The summed E-state index contributed by atoms with van der Waals surface area (Å²) in [5.74, 6) is -1.04. The molecule has 4 heteroatoms. The highest BCUT2D eigenvalue weighted by molar-refractivity contribution is 6.34. The summed E-state index contributed by atoms with van der Waals surface area (Å²) in [5.41, 5.74) is 0.598. The van der Waals surface area contributed by atoms with Crippen LogP contribution in [-0.2, 0) is 0 Å². The van der Waals surface area contributed by atoms with Gasteiger partial charge in [0, 0.05) is 6.54 Å². The van der Waals surface area contributed by atoms with Gasteiger partial charge in [-0.1, -0.05) is 23.7 Å². The summed E-state index contributed by atoms with van der Waals surface area (Å²) in [5, 5.41) is 12.0. The summed E-state index contributed by atoms with van der Waals surface area (Å²) in [7, 11) is 0. The van der Waals surface area contributed by atoms with E-state index in [1.807, 2.05) is 0 Å². The molecule has 3 nitrogen and oxygen atoms in total. The third kappa shape index (κ3) is 2.26. The first-order valence-electron chi connectivity index (χ1n) is 4.03. The minimum Gasteiger partial charge on any atom is -0.478 e. The van der Waals surface area contributed by atoms with E-state index in [4.69, 9.17) is 16.7 Å². The second-order valence-corrected chi connectivity index (χ2v) is 3.04. The molecule has 1 aromatic carbocycles. The zero-order valence-corrected chi connectivity index (χ0v) is 8.21. The molecule has 0 aromatic heterocycles. The van der Waals surface area contributed by atoms with Crippen molar-refractivity contribution in [1.82, 2.24) is 0 Å². The minimum atomic E-state index is -1.04. The van der Waals surface area contributed by atoms with Gasteiger partial charge in [-0.2, -0.15) is 0 Å². The van der Waals surface area contributed by atoms with Gasteiger partial charge in [0.25, 0.3) is 0 Å².